The molecule has 0 aromatic carbocycles. The predicted molar refractivity (Wildman–Crippen MR) is 86.6 cm³/mol. The Hall–Kier alpha value is -0.950. The van der Waals surface area contributed by atoms with Crippen LogP contribution in [-0.2, 0) is 27.9 Å². The Morgan fingerprint density at radius 2 is 1.61 bits per heavy atom. The van der Waals surface area contributed by atoms with Crippen LogP contribution in [0.2, 0.25) is 0 Å². The normalized spacial score (nSPS) is 14.0. The minimum Gasteiger partial charge on any atom is -0.458 e. The van der Waals surface area contributed by atoms with Gasteiger partial charge in [-0.2, -0.15) is 0 Å². The van der Waals surface area contributed by atoms with Crippen molar-refractivity contribution in [1.29, 1.82) is 0 Å². The summed E-state index contributed by atoms with van der Waals surface area (Å²) in [4.78, 5) is 23.8. The molecule has 0 saturated carbocycles. The van der Waals surface area contributed by atoms with E-state index in [0.29, 0.717) is 4.67 Å². The van der Waals surface area contributed by atoms with Crippen LogP contribution in [0.15, 0.2) is 0 Å². The second-order valence-corrected chi connectivity index (χ2v) is 8.37. The molecular formula is C14H29N2O6P. The van der Waals surface area contributed by atoms with Crippen LogP contribution in [0.5, 0.6) is 0 Å². The van der Waals surface area contributed by atoms with E-state index in [2.05, 4.69) is 0 Å². The van der Waals surface area contributed by atoms with E-state index in [-0.39, 0.29) is 13.0 Å². The van der Waals surface area contributed by atoms with Gasteiger partial charge in [-0.25, -0.2) is 14.0 Å². The molecule has 8 nitrogen and oxygen atoms in total. The molecule has 2 N–H and O–H groups in total. The zero-order valence-electron chi connectivity index (χ0n) is 14.9. The van der Waals surface area contributed by atoms with Crippen molar-refractivity contribution in [3.8, 4) is 0 Å². The van der Waals surface area contributed by atoms with E-state index in [4.69, 9.17) is 19.5 Å². The van der Waals surface area contributed by atoms with Gasteiger partial charge in [0.05, 0.1) is 12.2 Å². The van der Waals surface area contributed by atoms with Gasteiger partial charge in [-0.05, 0) is 48.5 Å². The van der Waals surface area contributed by atoms with Crippen LogP contribution in [-0.4, -0.2) is 47.4 Å². The third kappa shape index (κ3) is 7.44. The Labute approximate surface area is 138 Å². The molecule has 9 heteroatoms. The predicted octanol–water partition coefficient (Wildman–Crippen LogP) is 2.07. The summed E-state index contributed by atoms with van der Waals surface area (Å²) in [6, 6.07) is -1.27. The molecule has 0 aromatic heterocycles. The zero-order valence-corrected chi connectivity index (χ0v) is 15.8. The third-order valence-electron chi connectivity index (χ3n) is 2.30. The summed E-state index contributed by atoms with van der Waals surface area (Å²) in [6.07, 6.45) is -0.731. The molecule has 1 unspecified atom stereocenters. The Morgan fingerprint density at radius 1 is 1.17 bits per heavy atom. The molecule has 0 radical (unpaired) electrons. The summed E-state index contributed by atoms with van der Waals surface area (Å²) in [5.74, 6) is -0.771. The van der Waals surface area contributed by atoms with Gasteiger partial charge in [-0.1, -0.05) is 0 Å². The fourth-order valence-corrected chi connectivity index (χ4v) is 3.63. The molecule has 23 heavy (non-hydrogen) atoms. The van der Waals surface area contributed by atoms with E-state index in [1.165, 1.54) is 0 Å². The van der Waals surface area contributed by atoms with Gasteiger partial charge in [0.15, 0.2) is 6.04 Å². The highest BCUT2D eigenvalue weighted by molar-refractivity contribution is 7.52. The topological polar surface area (TPSA) is 108 Å². The SMILES string of the molecule is CC(C)OP(=O)(OC(C)C)N(C=O)C(CN)C(=O)OC(C)(C)C. The summed E-state index contributed by atoms with van der Waals surface area (Å²) in [7, 11) is -4.05. The molecule has 0 bridgehead atoms. The maximum atomic E-state index is 13.0. The van der Waals surface area contributed by atoms with Crippen molar-refractivity contribution < 1.29 is 27.9 Å². The second-order valence-electron chi connectivity index (χ2n) is 6.55. The molecule has 0 heterocycles. The lowest BCUT2D eigenvalue weighted by molar-refractivity contribution is -0.161. The summed E-state index contributed by atoms with van der Waals surface area (Å²) in [5, 5.41) is 0. The number of nitrogens with zero attached hydrogens (tertiary/aromatic N) is 1. The lowest BCUT2D eigenvalue weighted by Gasteiger charge is -2.34. The zero-order chi connectivity index (χ0) is 18.4. The van der Waals surface area contributed by atoms with E-state index < -0.39 is 37.6 Å². The van der Waals surface area contributed by atoms with Crippen molar-refractivity contribution in [2.24, 2.45) is 5.73 Å². The molecule has 1 amide bonds. The number of ether oxygens (including phenoxy) is 1. The first-order valence-corrected chi connectivity index (χ1v) is 8.99. The quantitative estimate of drug-likeness (QED) is 0.384. The molecule has 136 valence electrons. The molecule has 0 aliphatic rings. The van der Waals surface area contributed by atoms with Gasteiger partial charge in [0.2, 0.25) is 6.41 Å². The van der Waals surface area contributed by atoms with Gasteiger partial charge >= 0.3 is 13.7 Å². The minimum absolute atomic E-state index is 0.243. The van der Waals surface area contributed by atoms with Crippen LogP contribution in [0.1, 0.15) is 48.5 Å². The van der Waals surface area contributed by atoms with Crippen molar-refractivity contribution in [1.82, 2.24) is 4.67 Å². The van der Waals surface area contributed by atoms with Crippen LogP contribution in [0.4, 0.5) is 0 Å². The molecule has 1 atom stereocenters. The second kappa shape index (κ2) is 8.78. The number of carbonyl (C=O) groups is 2. The Bertz CT molecular complexity index is 433. The molecule has 0 rings (SSSR count). The summed E-state index contributed by atoms with van der Waals surface area (Å²) in [5.41, 5.74) is 4.82. The average Bonchev–Trinajstić information content (AvgIpc) is 2.30. The number of rotatable bonds is 9. The van der Waals surface area contributed by atoms with E-state index in [0.717, 1.165) is 0 Å². The van der Waals surface area contributed by atoms with E-state index in [9.17, 15) is 14.2 Å². The van der Waals surface area contributed by atoms with Gasteiger partial charge in [0, 0.05) is 6.54 Å². The summed E-state index contributed by atoms with van der Waals surface area (Å²) < 4.78 is 29.6. The van der Waals surface area contributed by atoms with Gasteiger partial charge in [-0.3, -0.25) is 13.8 Å². The van der Waals surface area contributed by atoms with E-state index >= 15 is 0 Å². The standard InChI is InChI=1S/C14H29N2O6P/c1-10(2)21-23(19,22-11(3)4)16(9-17)12(8-15)13(18)20-14(5,6)7/h9-12H,8,15H2,1-7H3. The number of esters is 1. The highest BCUT2D eigenvalue weighted by Gasteiger charge is 2.43. The van der Waals surface area contributed by atoms with Crippen molar-refractivity contribution in [2.45, 2.75) is 72.3 Å². The van der Waals surface area contributed by atoms with Gasteiger partial charge < -0.3 is 10.5 Å². The number of nitrogens with two attached hydrogens (primary N) is 1. The Morgan fingerprint density at radius 3 is 1.87 bits per heavy atom. The van der Waals surface area contributed by atoms with E-state index in [1.807, 2.05) is 0 Å². The van der Waals surface area contributed by atoms with Crippen LogP contribution in [0, 0.1) is 0 Å². The average molecular weight is 352 g/mol. The summed E-state index contributed by atoms with van der Waals surface area (Å²) >= 11 is 0. The Balaban J connectivity index is 5.63. The fraction of sp³-hybridized carbons (Fsp3) is 0.857. The molecule has 0 aromatic rings. The minimum atomic E-state index is -4.05. The number of amides is 1. The van der Waals surface area contributed by atoms with Crippen LogP contribution < -0.4 is 5.73 Å². The molecular weight excluding hydrogens is 323 g/mol. The first kappa shape index (κ1) is 22.1. The van der Waals surface area contributed by atoms with Crippen LogP contribution in [0.25, 0.3) is 0 Å². The number of hydrogen-bond acceptors (Lipinski definition) is 7. The maximum Gasteiger partial charge on any atom is 0.438 e. The van der Waals surface area contributed by atoms with Crippen molar-refractivity contribution in [2.75, 3.05) is 6.54 Å². The maximum absolute atomic E-state index is 13.0. The number of carbonyl (C=O) groups excluding carboxylic acids is 2. The lowest BCUT2D eigenvalue weighted by Crippen LogP contribution is -2.47. The first-order chi connectivity index (χ1) is 10.4. The highest BCUT2D eigenvalue weighted by Crippen LogP contribution is 2.54. The molecule has 0 aliphatic heterocycles. The monoisotopic (exact) mass is 352 g/mol. The van der Waals surface area contributed by atoms with Crippen molar-refractivity contribution >= 4 is 20.1 Å². The third-order valence-corrected chi connectivity index (χ3v) is 4.62. The van der Waals surface area contributed by atoms with Crippen LogP contribution >= 0.6 is 7.75 Å². The Kier molecular flexibility index (Phi) is 8.41. The van der Waals surface area contributed by atoms with Crippen molar-refractivity contribution in [3.63, 3.8) is 0 Å². The first-order valence-electron chi connectivity index (χ1n) is 7.50. The summed E-state index contributed by atoms with van der Waals surface area (Å²) in [6.45, 7) is 11.3. The highest BCUT2D eigenvalue weighted by atomic mass is 31.2. The van der Waals surface area contributed by atoms with Crippen molar-refractivity contribution in [3.05, 3.63) is 0 Å². The molecule has 0 spiro atoms. The smallest absolute Gasteiger partial charge is 0.438 e. The lowest BCUT2D eigenvalue weighted by atomic mass is 10.2. The van der Waals surface area contributed by atoms with Gasteiger partial charge in [0.1, 0.15) is 5.60 Å². The van der Waals surface area contributed by atoms with Gasteiger partial charge in [0.25, 0.3) is 0 Å². The molecule has 0 saturated heterocycles. The van der Waals surface area contributed by atoms with Crippen LogP contribution in [0.3, 0.4) is 0 Å². The molecule has 0 fully saturated rings. The largest absolute Gasteiger partial charge is 0.458 e. The fourth-order valence-electron chi connectivity index (χ4n) is 1.65. The van der Waals surface area contributed by atoms with E-state index in [1.54, 1.807) is 48.5 Å². The molecule has 0 aliphatic carbocycles. The van der Waals surface area contributed by atoms with Gasteiger partial charge in [-0.15, -0.1) is 0 Å². The number of hydrogen-bond donors (Lipinski definition) is 1.